The molecule has 3 aliphatic rings. The van der Waals surface area contributed by atoms with E-state index < -0.39 is 63.3 Å². The topological polar surface area (TPSA) is 251 Å². The molecule has 5 heterocycles. The Labute approximate surface area is 236 Å². The molecule has 6 rings (SSSR count). The van der Waals surface area contributed by atoms with Gasteiger partial charge in [-0.15, -0.1) is 0 Å². The van der Waals surface area contributed by atoms with E-state index in [-0.39, 0.29) is 29.8 Å². The maximum Gasteiger partial charge on any atom is 0.472 e. The van der Waals surface area contributed by atoms with E-state index in [9.17, 15) is 24.3 Å². The summed E-state index contributed by atoms with van der Waals surface area (Å²) >= 11 is 5.24. The van der Waals surface area contributed by atoms with Crippen molar-refractivity contribution in [2.24, 2.45) is 5.92 Å². The maximum absolute atomic E-state index is 13.1. The molecule has 18 nitrogen and oxygen atoms in total. The smallest absolute Gasteiger partial charge is 0.387 e. The Bertz CT molecular complexity index is 1580. The molecule has 1 saturated carbocycles. The molecular formula is C20H26N8O10P2S. The summed E-state index contributed by atoms with van der Waals surface area (Å²) in [5.41, 5.74) is 4.93. The van der Waals surface area contributed by atoms with Crippen molar-refractivity contribution in [3.63, 3.8) is 0 Å². The van der Waals surface area contributed by atoms with E-state index in [0.717, 1.165) is 0 Å². The fourth-order valence-electron chi connectivity index (χ4n) is 5.16. The number of nitrogens with zero attached hydrogens (tertiary/aromatic N) is 5. The van der Waals surface area contributed by atoms with Crippen molar-refractivity contribution in [2.75, 3.05) is 24.3 Å². The van der Waals surface area contributed by atoms with Gasteiger partial charge in [0.1, 0.15) is 30.5 Å². The van der Waals surface area contributed by atoms with Gasteiger partial charge in [-0.2, -0.15) is 4.98 Å². The highest BCUT2D eigenvalue weighted by molar-refractivity contribution is 8.07. The van der Waals surface area contributed by atoms with E-state index in [1.807, 2.05) is 0 Å². The van der Waals surface area contributed by atoms with Crippen molar-refractivity contribution < 1.29 is 42.3 Å². The molecule has 9 atom stereocenters. The van der Waals surface area contributed by atoms with Crippen LogP contribution in [0.3, 0.4) is 0 Å². The number of phosphoric ester groups is 1. The summed E-state index contributed by atoms with van der Waals surface area (Å²) in [6, 6.07) is 1.48. The van der Waals surface area contributed by atoms with Crippen LogP contribution in [0.15, 0.2) is 29.7 Å². The van der Waals surface area contributed by atoms with E-state index in [0.29, 0.717) is 18.7 Å². The second kappa shape index (κ2) is 11.0. The van der Waals surface area contributed by atoms with E-state index in [1.165, 1.54) is 17.2 Å². The summed E-state index contributed by atoms with van der Waals surface area (Å²) in [5, 5.41) is 14.3. The van der Waals surface area contributed by atoms with Gasteiger partial charge in [0.15, 0.2) is 17.4 Å². The number of phosphoric acid groups is 1. The highest BCUT2D eigenvalue weighted by Gasteiger charge is 2.51. The highest BCUT2D eigenvalue weighted by Crippen LogP contribution is 2.54. The van der Waals surface area contributed by atoms with Gasteiger partial charge in [-0.05, 0) is 30.7 Å². The first-order valence-electron chi connectivity index (χ1n) is 12.4. The molecule has 7 N–H and O–H groups in total. The first-order chi connectivity index (χ1) is 19.5. The Morgan fingerprint density at radius 3 is 2.78 bits per heavy atom. The number of anilines is 2. The lowest BCUT2D eigenvalue weighted by Gasteiger charge is -2.26. The Balaban J connectivity index is 1.28. The second-order valence-electron chi connectivity index (χ2n) is 9.74. The van der Waals surface area contributed by atoms with Crippen LogP contribution in [-0.2, 0) is 39.2 Å². The number of rotatable bonds is 3. The molecule has 2 saturated heterocycles. The lowest BCUT2D eigenvalue weighted by molar-refractivity contribution is -0.0532. The Kier molecular flexibility index (Phi) is 7.71. The zero-order valence-corrected chi connectivity index (χ0v) is 23.6. The Hall–Kier alpha value is -2.41. The van der Waals surface area contributed by atoms with Gasteiger partial charge in [0, 0.05) is 18.2 Å². The number of nitrogen functional groups attached to an aromatic ring is 1. The molecule has 21 heteroatoms. The van der Waals surface area contributed by atoms with Gasteiger partial charge in [0.2, 0.25) is 5.95 Å². The molecule has 41 heavy (non-hydrogen) atoms. The molecule has 2 aliphatic heterocycles. The normalized spacial score (nSPS) is 38.1. The summed E-state index contributed by atoms with van der Waals surface area (Å²) in [5.74, 6) is -0.146. The molecular weight excluding hydrogens is 606 g/mol. The van der Waals surface area contributed by atoms with Crippen LogP contribution in [0.2, 0.25) is 0 Å². The van der Waals surface area contributed by atoms with Crippen LogP contribution >= 0.6 is 14.5 Å². The third-order valence-corrected chi connectivity index (χ3v) is 9.55. The first-order valence-corrected chi connectivity index (χ1v) is 16.5. The number of nitrogens with one attached hydrogen (secondary N) is 2. The quantitative estimate of drug-likeness (QED) is 0.204. The third kappa shape index (κ3) is 6.07. The number of aromatic nitrogens is 6. The molecule has 3 aromatic heterocycles. The predicted molar refractivity (Wildman–Crippen MR) is 143 cm³/mol. The van der Waals surface area contributed by atoms with Gasteiger partial charge in [0.25, 0.3) is 5.56 Å². The molecule has 0 aromatic carbocycles. The van der Waals surface area contributed by atoms with Gasteiger partial charge in [-0.25, -0.2) is 19.5 Å². The minimum atomic E-state index is -4.83. The number of hydrogen-bond acceptors (Lipinski definition) is 15. The summed E-state index contributed by atoms with van der Waals surface area (Å²) in [7, 11) is -4.83. The van der Waals surface area contributed by atoms with Crippen LogP contribution in [0, 0.1) is 5.92 Å². The summed E-state index contributed by atoms with van der Waals surface area (Å²) < 4.78 is 42.4. The van der Waals surface area contributed by atoms with Gasteiger partial charge in [0.05, 0.1) is 25.6 Å². The SMILES string of the molecule is Nc1nc2c(ncn2[C@@H]2O[C@@H]3COP(O)(=S)O[C@H]4C[C@H](Nc5ccncn5)C[C@@H]4COP(=O)(O)O[C@@H]2[C@@H]3O)c(=O)[nH]1. The van der Waals surface area contributed by atoms with Crippen molar-refractivity contribution >= 4 is 49.3 Å². The van der Waals surface area contributed by atoms with Gasteiger partial charge >= 0.3 is 14.5 Å². The molecule has 222 valence electrons. The van der Waals surface area contributed by atoms with Crippen molar-refractivity contribution in [3.05, 3.63) is 35.3 Å². The molecule has 3 fully saturated rings. The van der Waals surface area contributed by atoms with Crippen molar-refractivity contribution in [2.45, 2.75) is 49.5 Å². The second-order valence-corrected chi connectivity index (χ2v) is 13.9. The number of nitrogens with two attached hydrogens (primary N) is 1. The number of H-pyrrole nitrogens is 1. The number of aliphatic hydroxyl groups is 1. The number of aromatic amines is 1. The molecule has 1 aliphatic carbocycles. The highest BCUT2D eigenvalue weighted by atomic mass is 32.5. The molecule has 2 unspecified atom stereocenters. The van der Waals surface area contributed by atoms with Crippen molar-refractivity contribution in [1.82, 2.24) is 29.5 Å². The molecule has 0 spiro atoms. The maximum atomic E-state index is 13.1. The van der Waals surface area contributed by atoms with Crippen molar-refractivity contribution in [3.8, 4) is 0 Å². The number of fused-ring (bicyclic) bond motifs is 4. The standard InChI is InChI=1S/C20H26N8O10P2S/c21-20-26-17-14(18(30)27-20)24-8-28(17)19-16-15(29)12(36-19)6-35-40(33,41)37-11-4-10(25-13-1-2-22-7-23-13)3-9(11)5-34-39(31,32)38-16/h1-2,7-12,15-16,19,29H,3-6H2,(H,31,32)(H,33,41)(H,22,23,25)(H3,21,26,27,30)/t9-,10-,11+,12-,15-,16-,19-,40?/m1/s1. The molecule has 0 radical (unpaired) electrons. The van der Waals surface area contributed by atoms with Crippen LogP contribution in [0.1, 0.15) is 19.1 Å². The molecule has 3 aromatic rings. The van der Waals surface area contributed by atoms with Crippen LogP contribution < -0.4 is 16.6 Å². The van der Waals surface area contributed by atoms with Crippen molar-refractivity contribution in [1.29, 1.82) is 0 Å². The number of imidazole rings is 1. The lowest BCUT2D eigenvalue weighted by atomic mass is 10.1. The van der Waals surface area contributed by atoms with Gasteiger partial charge in [-0.3, -0.25) is 23.4 Å². The first kappa shape index (κ1) is 28.7. The number of hydrogen-bond donors (Lipinski definition) is 6. The van der Waals surface area contributed by atoms with E-state index in [2.05, 4.69) is 30.2 Å². The average Bonchev–Trinajstić information content (AvgIpc) is 3.57. The largest absolute Gasteiger partial charge is 0.472 e. The lowest BCUT2D eigenvalue weighted by Crippen LogP contribution is -2.35. The monoisotopic (exact) mass is 632 g/mol. The van der Waals surface area contributed by atoms with Gasteiger partial charge in [-0.1, -0.05) is 0 Å². The Morgan fingerprint density at radius 2 is 2.00 bits per heavy atom. The fourth-order valence-corrected chi connectivity index (χ4v) is 7.65. The Morgan fingerprint density at radius 1 is 1.17 bits per heavy atom. The number of ether oxygens (including phenoxy) is 1. The summed E-state index contributed by atoms with van der Waals surface area (Å²) in [6.45, 7) is -4.65. The number of aliphatic hydroxyl groups excluding tert-OH is 1. The van der Waals surface area contributed by atoms with Crippen LogP contribution in [-0.4, -0.2) is 88.1 Å². The van der Waals surface area contributed by atoms with Crippen LogP contribution in [0.5, 0.6) is 0 Å². The van der Waals surface area contributed by atoms with E-state index >= 15 is 0 Å². The van der Waals surface area contributed by atoms with Gasteiger partial charge < -0.3 is 39.7 Å². The van der Waals surface area contributed by atoms with E-state index in [4.69, 9.17) is 40.4 Å². The zero-order chi connectivity index (χ0) is 28.9. The summed E-state index contributed by atoms with van der Waals surface area (Å²) in [6.07, 6.45) is -1.43. The van der Waals surface area contributed by atoms with Crippen LogP contribution in [0.25, 0.3) is 11.2 Å². The fraction of sp³-hybridized carbons (Fsp3) is 0.550. The van der Waals surface area contributed by atoms with E-state index in [1.54, 1.807) is 12.3 Å². The average molecular weight is 632 g/mol. The minimum Gasteiger partial charge on any atom is -0.387 e. The molecule has 0 amide bonds. The summed E-state index contributed by atoms with van der Waals surface area (Å²) in [4.78, 5) is 52.2. The zero-order valence-electron chi connectivity index (χ0n) is 21.0. The minimum absolute atomic E-state index is 0.0277. The van der Waals surface area contributed by atoms with Crippen LogP contribution in [0.4, 0.5) is 11.8 Å². The predicted octanol–water partition coefficient (Wildman–Crippen LogP) is -0.225. The molecule has 2 bridgehead atoms. The third-order valence-electron chi connectivity index (χ3n) is 6.98.